The minimum absolute atomic E-state index is 0.0294. The average molecular weight is 1310 g/mol. The van der Waals surface area contributed by atoms with E-state index in [9.17, 15) is 19.0 Å². The smallest absolute Gasteiger partial charge is 0.462 e. The number of ether oxygens (including phenoxy) is 2. The second-order valence-corrected chi connectivity index (χ2v) is 29.2. The van der Waals surface area contributed by atoms with E-state index in [1.165, 1.54) is 257 Å². The number of allylic oxidation sites excluding steroid dienone is 14. The van der Waals surface area contributed by atoms with Crippen LogP contribution in [0.5, 0.6) is 0 Å². The van der Waals surface area contributed by atoms with Gasteiger partial charge in [0.2, 0.25) is 0 Å². The number of hydrogen-bond acceptors (Lipinski definition) is 7. The van der Waals surface area contributed by atoms with Gasteiger partial charge in [0.1, 0.15) is 19.8 Å². The molecule has 536 valence electrons. The molecule has 0 aromatic rings. The van der Waals surface area contributed by atoms with Crippen LogP contribution in [0.1, 0.15) is 373 Å². The lowest BCUT2D eigenvalue weighted by molar-refractivity contribution is -0.870. The van der Waals surface area contributed by atoms with E-state index >= 15 is 0 Å². The lowest BCUT2D eigenvalue weighted by Crippen LogP contribution is -2.37. The van der Waals surface area contributed by atoms with E-state index in [-0.39, 0.29) is 32.0 Å². The van der Waals surface area contributed by atoms with E-state index in [1.807, 2.05) is 21.1 Å². The summed E-state index contributed by atoms with van der Waals surface area (Å²) in [7, 11) is 1.48. The maximum atomic E-state index is 12.9. The summed E-state index contributed by atoms with van der Waals surface area (Å²) in [5, 5.41) is 0. The van der Waals surface area contributed by atoms with Crippen molar-refractivity contribution in [2.24, 2.45) is 0 Å². The summed E-state index contributed by atoms with van der Waals surface area (Å²) in [5.41, 5.74) is 0. The van der Waals surface area contributed by atoms with Crippen LogP contribution in [0, 0.1) is 0 Å². The molecule has 0 bridgehead atoms. The second-order valence-electron chi connectivity index (χ2n) is 27.7. The monoisotopic (exact) mass is 1310 g/mol. The fourth-order valence-corrected chi connectivity index (χ4v) is 12.2. The maximum absolute atomic E-state index is 12.9. The van der Waals surface area contributed by atoms with E-state index < -0.39 is 26.5 Å². The Balaban J connectivity index is 3.94. The van der Waals surface area contributed by atoms with E-state index in [4.69, 9.17) is 18.5 Å². The summed E-state index contributed by atoms with van der Waals surface area (Å²) in [4.78, 5) is 36.0. The Morgan fingerprint density at radius 1 is 0.348 bits per heavy atom. The first kappa shape index (κ1) is 89.2. The van der Waals surface area contributed by atoms with Gasteiger partial charge in [-0.3, -0.25) is 18.6 Å². The van der Waals surface area contributed by atoms with Crippen molar-refractivity contribution < 1.29 is 42.1 Å². The normalized spacial score (nSPS) is 13.5. The molecule has 0 saturated carbocycles. The minimum Gasteiger partial charge on any atom is -0.462 e. The summed E-state index contributed by atoms with van der Waals surface area (Å²) in [5.74, 6) is -0.789. The van der Waals surface area contributed by atoms with Crippen molar-refractivity contribution in [1.29, 1.82) is 0 Å². The Hall–Kier alpha value is -2.81. The molecule has 2 atom stereocenters. The third-order valence-corrected chi connectivity index (χ3v) is 18.4. The number of hydrogen-bond donors (Lipinski definition) is 1. The third-order valence-electron chi connectivity index (χ3n) is 17.4. The number of carbonyl (C=O) groups excluding carboxylic acids is 2. The highest BCUT2D eigenvalue weighted by Gasteiger charge is 2.27. The molecule has 0 aromatic heterocycles. The third kappa shape index (κ3) is 76.2. The molecule has 0 aromatic carbocycles. The van der Waals surface area contributed by atoms with Crippen LogP contribution < -0.4 is 0 Å². The molecule has 2 unspecified atom stereocenters. The molecule has 92 heavy (non-hydrogen) atoms. The van der Waals surface area contributed by atoms with Gasteiger partial charge < -0.3 is 18.9 Å². The topological polar surface area (TPSA) is 108 Å². The largest absolute Gasteiger partial charge is 0.472 e. The second kappa shape index (κ2) is 72.5. The molecule has 0 saturated heterocycles. The summed E-state index contributed by atoms with van der Waals surface area (Å²) >= 11 is 0. The number of likely N-dealkylation sites (N-methyl/N-ethyl adjacent to an activating group) is 1. The Labute approximate surface area is 571 Å². The van der Waals surface area contributed by atoms with E-state index in [0.717, 1.165) is 83.5 Å². The lowest BCUT2D eigenvalue weighted by atomic mass is 10.0. The summed E-state index contributed by atoms with van der Waals surface area (Å²) in [6, 6.07) is 0. The van der Waals surface area contributed by atoms with Crippen molar-refractivity contribution in [3.8, 4) is 0 Å². The van der Waals surface area contributed by atoms with E-state index in [1.54, 1.807) is 0 Å². The fraction of sp³-hybridized carbons (Fsp3) is 0.805. The van der Waals surface area contributed by atoms with Crippen LogP contribution in [0.4, 0.5) is 0 Å². The Bertz CT molecular complexity index is 1830. The molecule has 0 spiro atoms. The van der Waals surface area contributed by atoms with E-state index in [2.05, 4.69) is 98.9 Å². The zero-order valence-electron chi connectivity index (χ0n) is 61.3. The highest BCUT2D eigenvalue weighted by molar-refractivity contribution is 7.47. The molecule has 0 amide bonds. The molecule has 0 rings (SSSR count). The first-order valence-corrected chi connectivity index (χ1v) is 40.8. The number of esters is 2. The molecular weight excluding hydrogens is 1160 g/mol. The quantitative estimate of drug-likeness (QED) is 0.0211. The van der Waals surface area contributed by atoms with Crippen molar-refractivity contribution >= 4 is 19.8 Å². The van der Waals surface area contributed by atoms with Crippen LogP contribution >= 0.6 is 7.82 Å². The molecule has 10 heteroatoms. The predicted molar refractivity (Wildman–Crippen MR) is 399 cm³/mol. The molecule has 0 radical (unpaired) electrons. The van der Waals surface area contributed by atoms with Gasteiger partial charge in [0.15, 0.2) is 6.10 Å². The van der Waals surface area contributed by atoms with Gasteiger partial charge in [-0.25, -0.2) is 4.57 Å². The van der Waals surface area contributed by atoms with Gasteiger partial charge in [0, 0.05) is 12.8 Å². The average Bonchev–Trinajstić information content (AvgIpc) is 2.14. The first-order chi connectivity index (χ1) is 45.0. The number of phosphoric ester groups is 1. The summed E-state index contributed by atoms with van der Waals surface area (Å²) < 4.78 is 34.8. The van der Waals surface area contributed by atoms with Crippen molar-refractivity contribution in [1.82, 2.24) is 0 Å². The molecule has 0 aliphatic rings. The molecular formula is C82H151NO8P+. The van der Waals surface area contributed by atoms with Crippen molar-refractivity contribution in [3.63, 3.8) is 0 Å². The lowest BCUT2D eigenvalue weighted by Gasteiger charge is -2.24. The van der Waals surface area contributed by atoms with Gasteiger partial charge in [-0.2, -0.15) is 0 Å². The van der Waals surface area contributed by atoms with Crippen LogP contribution in [0.15, 0.2) is 85.1 Å². The van der Waals surface area contributed by atoms with Crippen LogP contribution in [0.2, 0.25) is 0 Å². The predicted octanol–water partition coefficient (Wildman–Crippen LogP) is 26.1. The van der Waals surface area contributed by atoms with Crippen LogP contribution in [0.3, 0.4) is 0 Å². The Morgan fingerprint density at radius 2 is 0.620 bits per heavy atom. The summed E-state index contributed by atoms with van der Waals surface area (Å²) in [6.45, 7) is 4.36. The molecule has 0 aliphatic heterocycles. The SMILES string of the molecule is CC/C=C\C/C=C\C/C=C\C/C=C\C/C=C\C/C=C\CCCCCCCCCCCCC(=O)OC(COC(=O)CCCCCCCCCCCCCCCCCCCCCCCCCCCCC/C=C\CCCCCCCCCC)COP(=O)(O)OCC[N+](C)(C)C. The van der Waals surface area contributed by atoms with Crippen molar-refractivity contribution in [2.45, 2.75) is 380 Å². The molecule has 1 N–H and O–H groups in total. The van der Waals surface area contributed by atoms with Gasteiger partial charge in [-0.05, 0) is 89.9 Å². The molecule has 0 aliphatic carbocycles. The van der Waals surface area contributed by atoms with Crippen LogP contribution in [-0.2, 0) is 32.7 Å². The zero-order valence-corrected chi connectivity index (χ0v) is 62.2. The van der Waals surface area contributed by atoms with Gasteiger partial charge >= 0.3 is 19.8 Å². The van der Waals surface area contributed by atoms with Crippen LogP contribution in [-0.4, -0.2) is 74.9 Å². The first-order valence-electron chi connectivity index (χ1n) is 39.3. The van der Waals surface area contributed by atoms with Crippen molar-refractivity contribution in [2.75, 3.05) is 47.5 Å². The molecule has 0 fully saturated rings. The Kier molecular flexibility index (Phi) is 70.2. The maximum Gasteiger partial charge on any atom is 0.472 e. The van der Waals surface area contributed by atoms with Crippen molar-refractivity contribution in [3.05, 3.63) is 85.1 Å². The number of carbonyl (C=O) groups is 2. The molecule has 0 heterocycles. The number of unbranched alkanes of at least 4 members (excludes halogenated alkanes) is 45. The van der Waals surface area contributed by atoms with E-state index in [0.29, 0.717) is 17.4 Å². The Morgan fingerprint density at radius 3 is 0.935 bits per heavy atom. The number of quaternary nitrogens is 1. The molecule has 9 nitrogen and oxygen atoms in total. The van der Waals surface area contributed by atoms with Gasteiger partial charge in [-0.1, -0.05) is 356 Å². The van der Waals surface area contributed by atoms with Gasteiger partial charge in [-0.15, -0.1) is 0 Å². The number of nitrogens with zero attached hydrogens (tertiary/aromatic N) is 1. The standard InChI is InChI=1S/C82H150NO8P/c1-6-8-10-12-14-16-18-20-22-24-26-28-30-32-34-36-37-38-39-40-41-42-43-44-45-47-48-50-52-54-56-58-60-62-64-66-68-70-72-74-81(84)88-78-80(79-90-92(86,87)89-77-76-83(3,4)5)91-82(85)75-73-71-69-67-65-63-61-59-57-55-53-51-49-46-35-33-31-29-27-25-23-21-19-17-15-13-11-9-7-2/h9,11,15,17,21,23-24,26-27,29,33,35,49,51,80H,6-8,10,12-14,16,18-20,22,25,28,30-32,34,36-48,50,52-79H2,1-5H3/p+1/b11-9-,17-15-,23-21-,26-24-,29-27-,35-33-,51-49-. The number of rotatable bonds is 73. The van der Waals surface area contributed by atoms with Gasteiger partial charge in [0.25, 0.3) is 0 Å². The van der Waals surface area contributed by atoms with Gasteiger partial charge in [0.05, 0.1) is 27.7 Å². The highest BCUT2D eigenvalue weighted by Crippen LogP contribution is 2.43. The summed E-state index contributed by atoms with van der Waals surface area (Å²) in [6.07, 6.45) is 100. The van der Waals surface area contributed by atoms with Crippen LogP contribution in [0.25, 0.3) is 0 Å². The highest BCUT2D eigenvalue weighted by atomic mass is 31.2. The zero-order chi connectivity index (χ0) is 66.9. The number of phosphoric acid groups is 1. The fourth-order valence-electron chi connectivity index (χ4n) is 11.4. The minimum atomic E-state index is -4.40.